The largest absolute Gasteiger partial charge is 0.454 e. The number of amides is 3. The number of imide groups is 1. The Labute approximate surface area is 162 Å². The van der Waals surface area contributed by atoms with Gasteiger partial charge < -0.3 is 9.64 Å². The molecule has 0 aromatic heterocycles. The molecule has 2 aliphatic heterocycles. The van der Waals surface area contributed by atoms with Gasteiger partial charge in [0.1, 0.15) is 6.04 Å². The summed E-state index contributed by atoms with van der Waals surface area (Å²) in [7, 11) is 0. The van der Waals surface area contributed by atoms with E-state index < -0.39 is 30.5 Å². The van der Waals surface area contributed by atoms with Gasteiger partial charge in [0.2, 0.25) is 11.8 Å². The van der Waals surface area contributed by atoms with Gasteiger partial charge in [-0.2, -0.15) is 0 Å². The van der Waals surface area contributed by atoms with Crippen LogP contribution in [-0.2, 0) is 30.3 Å². The minimum Gasteiger partial charge on any atom is -0.454 e. The van der Waals surface area contributed by atoms with E-state index in [1.54, 1.807) is 4.90 Å². The molecule has 7 heteroatoms. The fourth-order valence-corrected chi connectivity index (χ4v) is 4.24. The van der Waals surface area contributed by atoms with Crippen LogP contribution in [0.3, 0.4) is 0 Å². The SMILES string of the molecule is C[C@@H](C(=O)OCC(=O)N1CCc2ccccc21)N1C(=O)[C@@H]2CC=CC[C@H]2C1=O. The monoisotopic (exact) mass is 382 g/mol. The minimum atomic E-state index is -1.04. The fourth-order valence-electron chi connectivity index (χ4n) is 4.24. The van der Waals surface area contributed by atoms with Gasteiger partial charge >= 0.3 is 5.97 Å². The summed E-state index contributed by atoms with van der Waals surface area (Å²) >= 11 is 0. The standard InChI is InChI=1S/C21H22N2O5/c1-13(23-19(25)15-7-3-4-8-16(15)20(23)26)21(27)28-12-18(24)22-11-10-14-6-2-5-9-17(14)22/h2-6,9,13,15-16H,7-8,10-12H2,1H3/t13-,15+,16+/m0/s1. The average Bonchev–Trinajstić information content (AvgIpc) is 3.25. The number of likely N-dealkylation sites (tertiary alicyclic amines) is 1. The van der Waals surface area contributed by atoms with Gasteiger partial charge in [-0.1, -0.05) is 30.4 Å². The zero-order chi connectivity index (χ0) is 19.8. The molecule has 0 N–H and O–H groups in total. The number of anilines is 1. The highest BCUT2D eigenvalue weighted by atomic mass is 16.5. The molecular formula is C21H22N2O5. The van der Waals surface area contributed by atoms with Crippen molar-refractivity contribution in [2.75, 3.05) is 18.1 Å². The summed E-state index contributed by atoms with van der Waals surface area (Å²) in [5, 5.41) is 0. The number of fused-ring (bicyclic) bond motifs is 2. The molecule has 0 bridgehead atoms. The van der Waals surface area contributed by atoms with Gasteiger partial charge in [0, 0.05) is 12.2 Å². The Balaban J connectivity index is 1.37. The summed E-state index contributed by atoms with van der Waals surface area (Å²) in [5.74, 6) is -2.50. The van der Waals surface area contributed by atoms with Crippen molar-refractivity contribution in [2.45, 2.75) is 32.2 Å². The maximum Gasteiger partial charge on any atom is 0.329 e. The van der Waals surface area contributed by atoms with Crippen molar-refractivity contribution in [2.24, 2.45) is 11.8 Å². The third kappa shape index (κ3) is 3.00. The third-order valence-electron chi connectivity index (χ3n) is 5.80. The van der Waals surface area contributed by atoms with Crippen LogP contribution in [0.4, 0.5) is 5.69 Å². The van der Waals surface area contributed by atoms with E-state index in [1.165, 1.54) is 6.92 Å². The Morgan fingerprint density at radius 1 is 1.11 bits per heavy atom. The minimum absolute atomic E-state index is 0.317. The molecule has 1 saturated heterocycles. The lowest BCUT2D eigenvalue weighted by molar-refractivity contribution is -0.159. The highest BCUT2D eigenvalue weighted by Crippen LogP contribution is 2.36. The first-order chi connectivity index (χ1) is 13.5. The van der Waals surface area contributed by atoms with Crippen LogP contribution in [0, 0.1) is 11.8 Å². The van der Waals surface area contributed by atoms with Crippen LogP contribution >= 0.6 is 0 Å². The van der Waals surface area contributed by atoms with E-state index in [1.807, 2.05) is 36.4 Å². The van der Waals surface area contributed by atoms with Crippen molar-refractivity contribution in [3.05, 3.63) is 42.0 Å². The van der Waals surface area contributed by atoms with Crippen LogP contribution in [0.5, 0.6) is 0 Å². The average molecular weight is 382 g/mol. The van der Waals surface area contributed by atoms with E-state index >= 15 is 0 Å². The number of carbonyl (C=O) groups is 4. The molecule has 3 aliphatic rings. The van der Waals surface area contributed by atoms with E-state index in [0.29, 0.717) is 19.4 Å². The summed E-state index contributed by atoms with van der Waals surface area (Å²) in [6, 6.07) is 6.57. The van der Waals surface area contributed by atoms with Crippen LogP contribution in [0.15, 0.2) is 36.4 Å². The summed E-state index contributed by atoms with van der Waals surface area (Å²) in [5.41, 5.74) is 1.91. The number of para-hydroxylation sites is 1. The molecule has 2 heterocycles. The van der Waals surface area contributed by atoms with Gasteiger partial charge in [-0.3, -0.25) is 19.3 Å². The second-order valence-electron chi connectivity index (χ2n) is 7.41. The molecule has 28 heavy (non-hydrogen) atoms. The molecule has 7 nitrogen and oxygen atoms in total. The van der Waals surface area contributed by atoms with Gasteiger partial charge in [-0.15, -0.1) is 0 Å². The number of allylic oxidation sites excluding steroid dienone is 2. The molecule has 1 aliphatic carbocycles. The number of hydrogen-bond acceptors (Lipinski definition) is 5. The predicted molar refractivity (Wildman–Crippen MR) is 100 cm³/mol. The van der Waals surface area contributed by atoms with Crippen LogP contribution < -0.4 is 4.90 Å². The zero-order valence-electron chi connectivity index (χ0n) is 15.7. The first kappa shape index (κ1) is 18.4. The molecule has 0 unspecified atom stereocenters. The lowest BCUT2D eigenvalue weighted by Gasteiger charge is -2.22. The Morgan fingerprint density at radius 2 is 1.75 bits per heavy atom. The normalized spacial score (nSPS) is 24.2. The number of hydrogen-bond donors (Lipinski definition) is 0. The molecule has 0 spiro atoms. The quantitative estimate of drug-likeness (QED) is 0.447. The maximum absolute atomic E-state index is 12.6. The van der Waals surface area contributed by atoms with Gasteiger partial charge in [0.25, 0.3) is 5.91 Å². The molecular weight excluding hydrogens is 360 g/mol. The Bertz CT molecular complexity index is 851. The fraction of sp³-hybridized carbons (Fsp3) is 0.429. The maximum atomic E-state index is 12.6. The molecule has 3 amide bonds. The zero-order valence-corrected chi connectivity index (χ0v) is 15.7. The van der Waals surface area contributed by atoms with Gasteiger partial charge in [-0.25, -0.2) is 4.79 Å². The van der Waals surface area contributed by atoms with E-state index in [-0.39, 0.29) is 17.7 Å². The third-order valence-corrected chi connectivity index (χ3v) is 5.80. The first-order valence-corrected chi connectivity index (χ1v) is 9.56. The van der Waals surface area contributed by atoms with Gasteiger partial charge in [0.15, 0.2) is 6.61 Å². The lowest BCUT2D eigenvalue weighted by Crippen LogP contribution is -2.45. The van der Waals surface area contributed by atoms with Crippen molar-refractivity contribution >= 4 is 29.4 Å². The smallest absolute Gasteiger partial charge is 0.329 e. The summed E-state index contributed by atoms with van der Waals surface area (Å²) in [6.45, 7) is 1.60. The van der Waals surface area contributed by atoms with Gasteiger partial charge in [0.05, 0.1) is 11.8 Å². The van der Waals surface area contributed by atoms with Crippen molar-refractivity contribution in [1.82, 2.24) is 4.90 Å². The number of esters is 1. The molecule has 1 aromatic rings. The van der Waals surface area contributed by atoms with Crippen molar-refractivity contribution in [1.29, 1.82) is 0 Å². The Hall–Kier alpha value is -2.96. The number of benzene rings is 1. The number of nitrogens with zero attached hydrogens (tertiary/aromatic N) is 2. The van der Waals surface area contributed by atoms with Crippen LogP contribution in [-0.4, -0.2) is 47.8 Å². The Kier molecular flexibility index (Phi) is 4.75. The predicted octanol–water partition coefficient (Wildman–Crippen LogP) is 1.46. The Morgan fingerprint density at radius 3 is 2.43 bits per heavy atom. The van der Waals surface area contributed by atoms with E-state index in [2.05, 4.69) is 0 Å². The first-order valence-electron chi connectivity index (χ1n) is 9.56. The molecule has 3 atom stereocenters. The summed E-state index contributed by atoms with van der Waals surface area (Å²) in [4.78, 5) is 52.7. The number of ether oxygens (including phenoxy) is 1. The van der Waals surface area contributed by atoms with E-state index in [9.17, 15) is 19.2 Å². The van der Waals surface area contributed by atoms with Crippen molar-refractivity contribution in [3.63, 3.8) is 0 Å². The molecule has 1 aromatic carbocycles. The summed E-state index contributed by atoms with van der Waals surface area (Å²) in [6.07, 6.45) is 5.58. The van der Waals surface area contributed by atoms with Gasteiger partial charge in [-0.05, 0) is 37.8 Å². The second kappa shape index (κ2) is 7.22. The number of carbonyl (C=O) groups excluding carboxylic acids is 4. The van der Waals surface area contributed by atoms with E-state index in [0.717, 1.165) is 22.6 Å². The molecule has 146 valence electrons. The topological polar surface area (TPSA) is 84.0 Å². The molecule has 0 saturated carbocycles. The molecule has 1 fully saturated rings. The van der Waals surface area contributed by atoms with Crippen molar-refractivity contribution in [3.8, 4) is 0 Å². The highest BCUT2D eigenvalue weighted by Gasteiger charge is 2.50. The van der Waals surface area contributed by atoms with Crippen LogP contribution in [0.2, 0.25) is 0 Å². The number of rotatable bonds is 4. The highest BCUT2D eigenvalue weighted by molar-refractivity contribution is 6.08. The lowest BCUT2D eigenvalue weighted by atomic mass is 9.85. The summed E-state index contributed by atoms with van der Waals surface area (Å²) < 4.78 is 5.16. The molecule has 0 radical (unpaired) electrons. The van der Waals surface area contributed by atoms with E-state index in [4.69, 9.17) is 4.74 Å². The second-order valence-corrected chi connectivity index (χ2v) is 7.41. The van der Waals surface area contributed by atoms with Crippen LogP contribution in [0.1, 0.15) is 25.3 Å². The molecule has 4 rings (SSSR count). The van der Waals surface area contributed by atoms with Crippen molar-refractivity contribution < 1.29 is 23.9 Å². The van der Waals surface area contributed by atoms with Crippen LogP contribution in [0.25, 0.3) is 0 Å².